The molecule has 3 nitrogen and oxygen atoms in total. The van der Waals surface area contributed by atoms with Gasteiger partial charge in [-0.2, -0.15) is 0 Å². The zero-order valence-corrected chi connectivity index (χ0v) is 10.5. The second kappa shape index (κ2) is 6.19. The molecule has 1 aromatic carbocycles. The number of carbonyl (C=O) groups excluding carboxylic acids is 1. The number of rotatable bonds is 4. The van der Waals surface area contributed by atoms with Gasteiger partial charge in [0.25, 0.3) is 0 Å². The molecular weight excluding hydrogens is 268 g/mol. The van der Waals surface area contributed by atoms with Crippen LogP contribution in [0, 0.1) is 12.3 Å². The van der Waals surface area contributed by atoms with Crippen molar-refractivity contribution in [2.75, 3.05) is 11.9 Å². The lowest BCUT2D eigenvalue weighted by Gasteiger charge is -2.14. The Balaban J connectivity index is 2.54. The Kier molecular flexibility index (Phi) is 4.87. The molecule has 0 radical (unpaired) electrons. The minimum atomic E-state index is -0.317. The summed E-state index contributed by atoms with van der Waals surface area (Å²) < 4.78 is 0.966. The van der Waals surface area contributed by atoms with Gasteiger partial charge in [0.1, 0.15) is 6.04 Å². The number of anilines is 1. The van der Waals surface area contributed by atoms with Crippen molar-refractivity contribution in [3.8, 4) is 12.3 Å². The van der Waals surface area contributed by atoms with Crippen molar-refractivity contribution < 1.29 is 4.79 Å². The van der Waals surface area contributed by atoms with Gasteiger partial charge in [0.15, 0.2) is 0 Å². The summed E-state index contributed by atoms with van der Waals surface area (Å²) in [6, 6.07) is 7.32. The monoisotopic (exact) mass is 280 g/mol. The Morgan fingerprint density at radius 3 is 3.00 bits per heavy atom. The number of nitrogens with one attached hydrogen (secondary N) is 2. The van der Waals surface area contributed by atoms with Crippen molar-refractivity contribution in [3.63, 3.8) is 0 Å². The second-order valence-corrected chi connectivity index (χ2v) is 4.21. The Hall–Kier alpha value is -1.47. The standard InChI is InChI=1S/C12H13BrN2O/c1-3-7-14-12(16)9(2)15-11-6-4-5-10(13)8-11/h1,4-6,8-9,15H,7H2,2H3,(H,14,16). The first-order valence-corrected chi connectivity index (χ1v) is 5.66. The third-order valence-electron chi connectivity index (χ3n) is 1.97. The minimum absolute atomic E-state index is 0.113. The van der Waals surface area contributed by atoms with E-state index >= 15 is 0 Å². The molecule has 0 aliphatic carbocycles. The Morgan fingerprint density at radius 1 is 1.62 bits per heavy atom. The third kappa shape index (κ3) is 3.95. The van der Waals surface area contributed by atoms with Crippen molar-refractivity contribution in [2.45, 2.75) is 13.0 Å². The van der Waals surface area contributed by atoms with E-state index in [4.69, 9.17) is 6.42 Å². The molecule has 0 aliphatic heterocycles. The molecule has 1 unspecified atom stereocenters. The lowest BCUT2D eigenvalue weighted by molar-refractivity contribution is -0.121. The number of terminal acetylenes is 1. The molecule has 0 bridgehead atoms. The number of hydrogen-bond acceptors (Lipinski definition) is 2. The SMILES string of the molecule is C#CCNC(=O)C(C)Nc1cccc(Br)c1. The average molecular weight is 281 g/mol. The summed E-state index contributed by atoms with van der Waals surface area (Å²) >= 11 is 3.36. The molecule has 0 aromatic heterocycles. The van der Waals surface area contributed by atoms with Crippen molar-refractivity contribution in [1.29, 1.82) is 0 Å². The Bertz CT molecular complexity index is 412. The molecule has 84 valence electrons. The van der Waals surface area contributed by atoms with Crippen LogP contribution in [0.15, 0.2) is 28.7 Å². The summed E-state index contributed by atoms with van der Waals surface area (Å²) in [5, 5.41) is 5.70. The van der Waals surface area contributed by atoms with Gasteiger partial charge in [0.2, 0.25) is 5.91 Å². The molecule has 2 N–H and O–H groups in total. The first kappa shape index (κ1) is 12.6. The van der Waals surface area contributed by atoms with Gasteiger partial charge in [-0.05, 0) is 25.1 Å². The van der Waals surface area contributed by atoms with Crippen LogP contribution in [-0.4, -0.2) is 18.5 Å². The molecule has 0 saturated carbocycles. The number of halogens is 1. The van der Waals surface area contributed by atoms with E-state index in [2.05, 4.69) is 32.5 Å². The molecule has 1 atom stereocenters. The van der Waals surface area contributed by atoms with Crippen molar-refractivity contribution in [1.82, 2.24) is 5.32 Å². The van der Waals surface area contributed by atoms with Crippen LogP contribution in [0.2, 0.25) is 0 Å². The summed E-state index contributed by atoms with van der Waals surface area (Å²) in [6.45, 7) is 2.04. The molecule has 0 aliphatic rings. The zero-order chi connectivity index (χ0) is 12.0. The fourth-order valence-electron chi connectivity index (χ4n) is 1.19. The highest BCUT2D eigenvalue weighted by Gasteiger charge is 2.11. The number of hydrogen-bond donors (Lipinski definition) is 2. The molecular formula is C12H13BrN2O. The highest BCUT2D eigenvalue weighted by molar-refractivity contribution is 9.10. The number of amides is 1. The van der Waals surface area contributed by atoms with Crippen LogP contribution in [0.3, 0.4) is 0 Å². The summed E-state index contributed by atoms with van der Waals surface area (Å²) in [5.74, 6) is 2.25. The van der Waals surface area contributed by atoms with E-state index in [0.717, 1.165) is 10.2 Å². The van der Waals surface area contributed by atoms with E-state index < -0.39 is 0 Å². The van der Waals surface area contributed by atoms with Crippen molar-refractivity contribution in [3.05, 3.63) is 28.7 Å². The van der Waals surface area contributed by atoms with E-state index in [-0.39, 0.29) is 18.5 Å². The highest BCUT2D eigenvalue weighted by atomic mass is 79.9. The highest BCUT2D eigenvalue weighted by Crippen LogP contribution is 2.16. The molecule has 0 saturated heterocycles. The number of carbonyl (C=O) groups is 1. The van der Waals surface area contributed by atoms with Gasteiger partial charge in [-0.3, -0.25) is 4.79 Å². The third-order valence-corrected chi connectivity index (χ3v) is 2.46. The van der Waals surface area contributed by atoms with Crippen LogP contribution in [0.5, 0.6) is 0 Å². The maximum atomic E-state index is 11.5. The fourth-order valence-corrected chi connectivity index (χ4v) is 1.58. The summed E-state index contributed by atoms with van der Waals surface area (Å²) in [5.41, 5.74) is 0.887. The van der Waals surface area contributed by atoms with Gasteiger partial charge in [-0.15, -0.1) is 6.42 Å². The van der Waals surface area contributed by atoms with Crippen LogP contribution < -0.4 is 10.6 Å². The Morgan fingerprint density at radius 2 is 2.38 bits per heavy atom. The first-order chi connectivity index (χ1) is 7.63. The Labute approximate surface area is 104 Å². The van der Waals surface area contributed by atoms with Gasteiger partial charge in [0.05, 0.1) is 6.54 Å². The van der Waals surface area contributed by atoms with Gasteiger partial charge >= 0.3 is 0 Å². The lowest BCUT2D eigenvalue weighted by atomic mass is 10.2. The van der Waals surface area contributed by atoms with E-state index in [0.29, 0.717) is 0 Å². The fraction of sp³-hybridized carbons (Fsp3) is 0.250. The van der Waals surface area contributed by atoms with Crippen LogP contribution in [0.1, 0.15) is 6.92 Å². The topological polar surface area (TPSA) is 41.1 Å². The van der Waals surface area contributed by atoms with E-state index in [1.165, 1.54) is 0 Å². The minimum Gasteiger partial charge on any atom is -0.374 e. The van der Waals surface area contributed by atoms with E-state index in [1.54, 1.807) is 6.92 Å². The predicted octanol–water partition coefficient (Wildman–Crippen LogP) is 2.00. The van der Waals surface area contributed by atoms with Gasteiger partial charge in [-0.1, -0.05) is 27.9 Å². The van der Waals surface area contributed by atoms with Crippen LogP contribution in [0.25, 0.3) is 0 Å². The summed E-state index contributed by atoms with van der Waals surface area (Å²) in [7, 11) is 0. The van der Waals surface area contributed by atoms with Crippen molar-refractivity contribution >= 4 is 27.5 Å². The van der Waals surface area contributed by atoms with Gasteiger partial charge < -0.3 is 10.6 Å². The molecule has 4 heteroatoms. The smallest absolute Gasteiger partial charge is 0.242 e. The van der Waals surface area contributed by atoms with Crippen LogP contribution >= 0.6 is 15.9 Å². The van der Waals surface area contributed by atoms with Crippen LogP contribution in [-0.2, 0) is 4.79 Å². The maximum absolute atomic E-state index is 11.5. The largest absolute Gasteiger partial charge is 0.374 e. The summed E-state index contributed by atoms with van der Waals surface area (Å²) in [6.07, 6.45) is 5.06. The molecule has 0 heterocycles. The van der Waals surface area contributed by atoms with E-state index in [9.17, 15) is 4.79 Å². The molecule has 0 spiro atoms. The molecule has 1 amide bonds. The maximum Gasteiger partial charge on any atom is 0.242 e. The lowest BCUT2D eigenvalue weighted by Crippen LogP contribution is -2.37. The van der Waals surface area contributed by atoms with Gasteiger partial charge in [-0.25, -0.2) is 0 Å². The van der Waals surface area contributed by atoms with Crippen molar-refractivity contribution in [2.24, 2.45) is 0 Å². The molecule has 16 heavy (non-hydrogen) atoms. The predicted molar refractivity (Wildman–Crippen MR) is 69.1 cm³/mol. The summed E-state index contributed by atoms with van der Waals surface area (Å²) in [4.78, 5) is 11.5. The normalized spacial score (nSPS) is 11.3. The first-order valence-electron chi connectivity index (χ1n) is 4.86. The zero-order valence-electron chi connectivity index (χ0n) is 8.96. The molecule has 1 aromatic rings. The second-order valence-electron chi connectivity index (χ2n) is 3.30. The van der Waals surface area contributed by atoms with Gasteiger partial charge in [0, 0.05) is 10.2 Å². The van der Waals surface area contributed by atoms with Crippen LogP contribution in [0.4, 0.5) is 5.69 Å². The molecule has 0 fully saturated rings. The molecule has 1 rings (SSSR count). The quantitative estimate of drug-likeness (QED) is 0.829. The van der Waals surface area contributed by atoms with E-state index in [1.807, 2.05) is 24.3 Å². The average Bonchev–Trinajstić information content (AvgIpc) is 2.25. The number of benzene rings is 1.